The minimum atomic E-state index is -1.10. The smallest absolute Gasteiger partial charge is 0.300 e. The number of hydrogen-bond donors (Lipinski definition) is 1. The number of carbonyl (C=O) groups is 2. The van der Waals surface area contributed by atoms with Crippen LogP contribution in [0.1, 0.15) is 17.2 Å². The molecular weight excluding hydrogens is 520 g/mol. The monoisotopic (exact) mass is 535 g/mol. The van der Waals surface area contributed by atoms with Gasteiger partial charge in [0, 0.05) is 11.3 Å². The van der Waals surface area contributed by atoms with Crippen molar-refractivity contribution in [1.82, 2.24) is 0 Å². The number of aliphatic hydroxyl groups excluding tert-OH is 1. The van der Waals surface area contributed by atoms with Gasteiger partial charge >= 0.3 is 0 Å². The molecule has 1 aliphatic rings. The van der Waals surface area contributed by atoms with Crippen molar-refractivity contribution in [2.45, 2.75) is 6.04 Å². The number of ketones is 1. The van der Waals surface area contributed by atoms with Crippen LogP contribution in [0.4, 0.5) is 10.1 Å². The Morgan fingerprint density at radius 2 is 1.54 bits per heavy atom. The van der Waals surface area contributed by atoms with Crippen LogP contribution in [0.15, 0.2) is 60.2 Å². The highest BCUT2D eigenvalue weighted by molar-refractivity contribution is 6.52. The lowest BCUT2D eigenvalue weighted by Crippen LogP contribution is -2.29. The Kier molecular flexibility index (Phi) is 6.94. The van der Waals surface area contributed by atoms with E-state index in [2.05, 4.69) is 0 Å². The second-order valence-electron chi connectivity index (χ2n) is 7.51. The maximum absolute atomic E-state index is 13.7. The molecule has 180 valence electrons. The molecule has 1 N–H and O–H groups in total. The second kappa shape index (κ2) is 9.77. The maximum Gasteiger partial charge on any atom is 0.300 e. The Hall–Kier alpha value is -3.26. The van der Waals surface area contributed by atoms with Gasteiger partial charge in [-0.1, -0.05) is 46.9 Å². The first-order valence-electron chi connectivity index (χ1n) is 10.1. The Labute approximate surface area is 215 Å². The topological polar surface area (TPSA) is 76.1 Å². The van der Waals surface area contributed by atoms with E-state index in [1.807, 2.05) is 0 Å². The SMILES string of the molecule is COc1ccc(N2C(=O)C(=O)/C(=C(/O)c3cc(Cl)c(OC)c(Cl)c3)C2c2ccc(F)cc2)cc1Cl. The number of halogens is 4. The lowest BCUT2D eigenvalue weighted by molar-refractivity contribution is -0.132. The van der Waals surface area contributed by atoms with Crippen LogP contribution in [0.3, 0.4) is 0 Å². The molecule has 1 amide bonds. The van der Waals surface area contributed by atoms with Gasteiger partial charge in [0.15, 0.2) is 5.75 Å². The highest BCUT2D eigenvalue weighted by atomic mass is 35.5. The molecule has 0 bridgehead atoms. The van der Waals surface area contributed by atoms with E-state index in [1.165, 1.54) is 61.6 Å². The Morgan fingerprint density at radius 3 is 2.09 bits per heavy atom. The Morgan fingerprint density at radius 1 is 0.914 bits per heavy atom. The molecule has 3 aromatic carbocycles. The summed E-state index contributed by atoms with van der Waals surface area (Å²) in [5, 5.41) is 11.6. The average Bonchev–Trinajstić information content (AvgIpc) is 3.09. The minimum absolute atomic E-state index is 0.0936. The summed E-state index contributed by atoms with van der Waals surface area (Å²) >= 11 is 18.7. The molecule has 1 heterocycles. The highest BCUT2D eigenvalue weighted by Crippen LogP contribution is 2.44. The number of methoxy groups -OCH3 is 2. The van der Waals surface area contributed by atoms with Crippen LogP contribution < -0.4 is 14.4 Å². The summed E-state index contributed by atoms with van der Waals surface area (Å²) < 4.78 is 24.0. The van der Waals surface area contributed by atoms with Gasteiger partial charge in [0.25, 0.3) is 11.7 Å². The van der Waals surface area contributed by atoms with Crippen molar-refractivity contribution in [2.24, 2.45) is 0 Å². The molecule has 0 saturated carbocycles. The molecule has 0 radical (unpaired) electrons. The predicted octanol–water partition coefficient (Wildman–Crippen LogP) is 6.43. The lowest BCUT2D eigenvalue weighted by Gasteiger charge is -2.26. The molecule has 3 aromatic rings. The Balaban J connectivity index is 1.95. The molecule has 35 heavy (non-hydrogen) atoms. The molecule has 6 nitrogen and oxygen atoms in total. The van der Waals surface area contributed by atoms with Crippen molar-refractivity contribution in [1.29, 1.82) is 0 Å². The van der Waals surface area contributed by atoms with Crippen LogP contribution in [0, 0.1) is 5.82 Å². The van der Waals surface area contributed by atoms with Gasteiger partial charge in [0.1, 0.15) is 17.3 Å². The lowest BCUT2D eigenvalue weighted by atomic mass is 9.95. The average molecular weight is 537 g/mol. The van der Waals surface area contributed by atoms with Crippen molar-refractivity contribution in [3.8, 4) is 11.5 Å². The van der Waals surface area contributed by atoms with Gasteiger partial charge in [0.2, 0.25) is 0 Å². The van der Waals surface area contributed by atoms with Gasteiger partial charge in [0.05, 0.1) is 40.9 Å². The molecular formula is C25H17Cl3FNO5. The normalized spacial score (nSPS) is 17.1. The van der Waals surface area contributed by atoms with Gasteiger partial charge in [-0.15, -0.1) is 0 Å². The van der Waals surface area contributed by atoms with E-state index < -0.39 is 29.3 Å². The third kappa shape index (κ3) is 4.43. The van der Waals surface area contributed by atoms with Gasteiger partial charge in [-0.3, -0.25) is 14.5 Å². The fourth-order valence-corrected chi connectivity index (χ4v) is 4.80. The number of Topliss-reactive ketones (excluding diaryl/α,β-unsaturated/α-hetero) is 1. The van der Waals surface area contributed by atoms with Crippen molar-refractivity contribution >= 4 is 57.9 Å². The predicted molar refractivity (Wildman–Crippen MR) is 132 cm³/mol. The highest BCUT2D eigenvalue weighted by Gasteiger charge is 2.47. The van der Waals surface area contributed by atoms with Crippen molar-refractivity contribution < 1.29 is 28.6 Å². The zero-order valence-corrected chi connectivity index (χ0v) is 20.6. The van der Waals surface area contributed by atoms with E-state index in [-0.39, 0.29) is 37.6 Å². The number of rotatable bonds is 5. The Bertz CT molecular complexity index is 1350. The molecule has 1 aliphatic heterocycles. The first-order valence-corrected chi connectivity index (χ1v) is 11.2. The van der Waals surface area contributed by atoms with Crippen LogP contribution in [0.5, 0.6) is 11.5 Å². The molecule has 0 aromatic heterocycles. The number of carbonyl (C=O) groups excluding carboxylic acids is 2. The van der Waals surface area contributed by atoms with Crippen LogP contribution in [0.2, 0.25) is 15.1 Å². The van der Waals surface area contributed by atoms with E-state index in [0.29, 0.717) is 11.3 Å². The second-order valence-corrected chi connectivity index (χ2v) is 8.73. The summed E-state index contributed by atoms with van der Waals surface area (Å²) in [5.41, 5.74) is 0.520. The largest absolute Gasteiger partial charge is 0.507 e. The van der Waals surface area contributed by atoms with Crippen LogP contribution in [-0.2, 0) is 9.59 Å². The van der Waals surface area contributed by atoms with Crippen molar-refractivity contribution in [3.05, 3.63) is 92.2 Å². The standard InChI is InChI=1S/C25H17Cl3FNO5/c1-34-19-8-7-15(11-16(19)26)30-21(12-3-5-14(29)6-4-12)20(23(32)25(30)33)22(31)13-9-17(27)24(35-2)18(28)10-13/h3-11,21,31H,1-2H3/b22-20+. The summed E-state index contributed by atoms with van der Waals surface area (Å²) in [6.07, 6.45) is 0. The molecule has 1 unspecified atom stereocenters. The van der Waals surface area contributed by atoms with Crippen LogP contribution >= 0.6 is 34.8 Å². The maximum atomic E-state index is 13.7. The third-order valence-electron chi connectivity index (χ3n) is 5.52. The van der Waals surface area contributed by atoms with Gasteiger partial charge in [-0.2, -0.15) is 0 Å². The third-order valence-corrected chi connectivity index (χ3v) is 6.38. The first kappa shape index (κ1) is 24.9. The van der Waals surface area contributed by atoms with Crippen molar-refractivity contribution in [2.75, 3.05) is 19.1 Å². The van der Waals surface area contributed by atoms with Crippen LogP contribution in [-0.4, -0.2) is 31.0 Å². The molecule has 10 heteroatoms. The number of nitrogens with zero attached hydrogens (tertiary/aromatic N) is 1. The van der Waals surface area contributed by atoms with Gasteiger partial charge in [-0.25, -0.2) is 4.39 Å². The number of anilines is 1. The van der Waals surface area contributed by atoms with E-state index in [0.717, 1.165) is 0 Å². The number of benzene rings is 3. The molecule has 1 fully saturated rings. The molecule has 1 atom stereocenters. The van der Waals surface area contributed by atoms with E-state index in [1.54, 1.807) is 12.1 Å². The van der Waals surface area contributed by atoms with E-state index in [9.17, 15) is 19.1 Å². The van der Waals surface area contributed by atoms with E-state index in [4.69, 9.17) is 44.3 Å². The quantitative estimate of drug-likeness (QED) is 0.231. The van der Waals surface area contributed by atoms with Crippen molar-refractivity contribution in [3.63, 3.8) is 0 Å². The fourth-order valence-electron chi connectivity index (χ4n) is 3.91. The molecule has 4 rings (SSSR count). The van der Waals surface area contributed by atoms with E-state index >= 15 is 0 Å². The number of amides is 1. The zero-order valence-electron chi connectivity index (χ0n) is 18.3. The number of hydrogen-bond acceptors (Lipinski definition) is 5. The zero-order chi connectivity index (χ0) is 25.4. The molecule has 0 aliphatic carbocycles. The summed E-state index contributed by atoms with van der Waals surface area (Å²) in [6, 6.07) is 11.4. The summed E-state index contributed by atoms with van der Waals surface area (Å²) in [6.45, 7) is 0. The molecule has 0 spiro atoms. The van der Waals surface area contributed by atoms with Crippen LogP contribution in [0.25, 0.3) is 5.76 Å². The summed E-state index contributed by atoms with van der Waals surface area (Å²) in [5.74, 6) is -2.32. The summed E-state index contributed by atoms with van der Waals surface area (Å²) in [7, 11) is 2.82. The first-order chi connectivity index (χ1) is 16.7. The molecule has 1 saturated heterocycles. The van der Waals surface area contributed by atoms with Gasteiger partial charge in [-0.05, 0) is 48.0 Å². The fraction of sp³-hybridized carbons (Fsp3) is 0.120. The number of ether oxygens (including phenoxy) is 2. The van der Waals surface area contributed by atoms with Gasteiger partial charge < -0.3 is 14.6 Å². The number of aliphatic hydroxyl groups is 1. The summed E-state index contributed by atoms with van der Waals surface area (Å²) in [4.78, 5) is 27.6. The minimum Gasteiger partial charge on any atom is -0.507 e.